The van der Waals surface area contributed by atoms with Gasteiger partial charge in [0.1, 0.15) is 12.4 Å². The third-order valence-corrected chi connectivity index (χ3v) is 4.69. The first-order valence-electron chi connectivity index (χ1n) is 9.15. The number of esters is 1. The molecule has 0 radical (unpaired) electrons. The minimum atomic E-state index is -0.914. The van der Waals surface area contributed by atoms with E-state index in [0.29, 0.717) is 34.3 Å². The maximum Gasteiger partial charge on any atom is 0.351 e. The van der Waals surface area contributed by atoms with Crippen molar-refractivity contribution in [3.8, 4) is 17.3 Å². The highest BCUT2D eigenvalue weighted by Crippen LogP contribution is 2.31. The maximum absolute atomic E-state index is 12.6. The molecule has 3 aromatic rings. The number of rotatable bonds is 5. The minimum Gasteiger partial charge on any atom is -0.485 e. The normalized spacial score (nSPS) is 15.2. The fourth-order valence-electron chi connectivity index (χ4n) is 3.30. The van der Waals surface area contributed by atoms with E-state index in [1.54, 1.807) is 44.2 Å². The summed E-state index contributed by atoms with van der Waals surface area (Å²) in [6.45, 7) is 5.11. The Morgan fingerprint density at radius 1 is 1.17 bits per heavy atom. The number of aromatic nitrogens is 2. The van der Waals surface area contributed by atoms with Gasteiger partial charge in [0.05, 0.1) is 0 Å². The van der Waals surface area contributed by atoms with Crippen LogP contribution in [0.3, 0.4) is 0 Å². The van der Waals surface area contributed by atoms with Crippen molar-refractivity contribution in [3.05, 3.63) is 59.1 Å². The van der Waals surface area contributed by atoms with Gasteiger partial charge in [-0.05, 0) is 39.0 Å². The van der Waals surface area contributed by atoms with E-state index in [-0.39, 0.29) is 19.0 Å². The predicted octanol–water partition coefficient (Wildman–Crippen LogP) is 2.96. The molecule has 150 valence electrons. The largest absolute Gasteiger partial charge is 0.485 e. The molecule has 0 unspecified atom stereocenters. The molecule has 0 saturated heterocycles. The number of hydrogen-bond donors (Lipinski definition) is 0. The van der Waals surface area contributed by atoms with Crippen LogP contribution >= 0.6 is 0 Å². The number of carbonyl (C=O) groups is 2. The number of aryl methyl sites for hydroxylation is 2. The third kappa shape index (κ3) is 3.61. The Hall–Kier alpha value is -3.55. The van der Waals surface area contributed by atoms with E-state index in [0.717, 1.165) is 5.69 Å². The fraction of sp³-hybridized carbons (Fsp3) is 0.286. The van der Waals surface area contributed by atoms with E-state index in [2.05, 4.69) is 5.16 Å². The van der Waals surface area contributed by atoms with Crippen molar-refractivity contribution in [2.75, 3.05) is 13.2 Å². The van der Waals surface area contributed by atoms with Gasteiger partial charge in [0, 0.05) is 23.0 Å². The lowest BCUT2D eigenvalue weighted by molar-refractivity contribution is -0.153. The standard InChI is InChI=1S/C21H20N2O6/c1-12-8-15(14(3)23(12)20-9-13(2)29-22-20)16(24)10-27-21(25)19-11-26-17-6-4-5-7-18(17)28-19/h4-9,19H,10-11H2,1-3H3/t19-/m1/s1. The van der Waals surface area contributed by atoms with Crippen molar-refractivity contribution < 1.29 is 28.3 Å². The quantitative estimate of drug-likeness (QED) is 0.483. The van der Waals surface area contributed by atoms with Crippen LogP contribution in [-0.4, -0.2) is 40.8 Å². The molecule has 0 fully saturated rings. The molecule has 2 aromatic heterocycles. The van der Waals surface area contributed by atoms with Crippen LogP contribution in [0.5, 0.6) is 11.5 Å². The monoisotopic (exact) mass is 396 g/mol. The second kappa shape index (κ2) is 7.46. The van der Waals surface area contributed by atoms with E-state index in [4.69, 9.17) is 18.7 Å². The van der Waals surface area contributed by atoms with Crippen LogP contribution in [0.2, 0.25) is 0 Å². The number of ketones is 1. The van der Waals surface area contributed by atoms with Crippen LogP contribution in [0.1, 0.15) is 27.5 Å². The Bertz CT molecular complexity index is 1080. The zero-order chi connectivity index (χ0) is 20.5. The minimum absolute atomic E-state index is 0.0318. The summed E-state index contributed by atoms with van der Waals surface area (Å²) in [4.78, 5) is 25.0. The summed E-state index contributed by atoms with van der Waals surface area (Å²) in [6.07, 6.45) is -0.914. The molecule has 8 nitrogen and oxygen atoms in total. The van der Waals surface area contributed by atoms with Gasteiger partial charge in [0.25, 0.3) is 0 Å². The summed E-state index contributed by atoms with van der Waals surface area (Å²) in [6, 6.07) is 10.6. The van der Waals surface area contributed by atoms with Crippen LogP contribution < -0.4 is 9.47 Å². The van der Waals surface area contributed by atoms with Crippen molar-refractivity contribution in [1.29, 1.82) is 0 Å². The van der Waals surface area contributed by atoms with Gasteiger partial charge in [-0.3, -0.25) is 9.36 Å². The first kappa shape index (κ1) is 18.8. The van der Waals surface area contributed by atoms with E-state index in [9.17, 15) is 9.59 Å². The van der Waals surface area contributed by atoms with Crippen molar-refractivity contribution in [2.24, 2.45) is 0 Å². The highest BCUT2D eigenvalue weighted by molar-refractivity contribution is 5.99. The van der Waals surface area contributed by atoms with Gasteiger partial charge in [-0.25, -0.2) is 4.79 Å². The Balaban J connectivity index is 1.42. The number of carbonyl (C=O) groups excluding carboxylic acids is 2. The Labute approximate surface area is 167 Å². The second-order valence-corrected chi connectivity index (χ2v) is 6.81. The average molecular weight is 396 g/mol. The van der Waals surface area contributed by atoms with Crippen molar-refractivity contribution in [2.45, 2.75) is 26.9 Å². The molecule has 1 aliphatic heterocycles. The van der Waals surface area contributed by atoms with Crippen LogP contribution in [0.15, 0.2) is 40.9 Å². The Kier molecular flexibility index (Phi) is 4.84. The molecule has 1 aromatic carbocycles. The van der Waals surface area contributed by atoms with E-state index in [1.165, 1.54) is 0 Å². The lowest BCUT2D eigenvalue weighted by Crippen LogP contribution is -2.38. The third-order valence-electron chi connectivity index (χ3n) is 4.69. The number of para-hydroxylation sites is 2. The molecule has 0 N–H and O–H groups in total. The molecule has 0 aliphatic carbocycles. The summed E-state index contributed by atoms with van der Waals surface area (Å²) in [5.41, 5.74) is 1.98. The molecule has 3 heterocycles. The van der Waals surface area contributed by atoms with Gasteiger partial charge in [-0.1, -0.05) is 17.3 Å². The first-order chi connectivity index (χ1) is 13.9. The highest BCUT2D eigenvalue weighted by atomic mass is 16.6. The average Bonchev–Trinajstić information content (AvgIpc) is 3.27. The van der Waals surface area contributed by atoms with E-state index >= 15 is 0 Å². The van der Waals surface area contributed by atoms with E-state index in [1.807, 2.05) is 17.6 Å². The van der Waals surface area contributed by atoms with Crippen LogP contribution in [0.4, 0.5) is 0 Å². The number of hydrogen-bond acceptors (Lipinski definition) is 7. The van der Waals surface area contributed by atoms with Gasteiger partial charge in [-0.15, -0.1) is 0 Å². The molecule has 1 aliphatic rings. The van der Waals surface area contributed by atoms with Crippen molar-refractivity contribution >= 4 is 11.8 Å². The second-order valence-electron chi connectivity index (χ2n) is 6.81. The predicted molar refractivity (Wildman–Crippen MR) is 102 cm³/mol. The summed E-state index contributed by atoms with van der Waals surface area (Å²) < 4.78 is 23.2. The number of Topliss-reactive ketones (excluding diaryl/α,β-unsaturated/α-hetero) is 1. The van der Waals surface area contributed by atoms with Gasteiger partial charge in [0.2, 0.25) is 11.9 Å². The van der Waals surface area contributed by atoms with Gasteiger partial charge < -0.3 is 18.7 Å². The number of benzene rings is 1. The molecule has 0 spiro atoms. The van der Waals surface area contributed by atoms with Gasteiger partial charge >= 0.3 is 5.97 Å². The molecule has 29 heavy (non-hydrogen) atoms. The molecular weight excluding hydrogens is 376 g/mol. The van der Waals surface area contributed by atoms with Crippen LogP contribution in [-0.2, 0) is 9.53 Å². The Morgan fingerprint density at radius 3 is 2.66 bits per heavy atom. The van der Waals surface area contributed by atoms with Gasteiger partial charge in [-0.2, -0.15) is 0 Å². The molecule has 4 rings (SSSR count). The van der Waals surface area contributed by atoms with E-state index < -0.39 is 12.1 Å². The summed E-state index contributed by atoms with van der Waals surface area (Å²) in [7, 11) is 0. The first-order valence-corrected chi connectivity index (χ1v) is 9.15. The van der Waals surface area contributed by atoms with Crippen molar-refractivity contribution in [1.82, 2.24) is 9.72 Å². The summed E-state index contributed by atoms with van der Waals surface area (Å²) >= 11 is 0. The number of nitrogens with zero attached hydrogens (tertiary/aromatic N) is 2. The fourth-order valence-corrected chi connectivity index (χ4v) is 3.30. The SMILES string of the molecule is Cc1cc(-n2c(C)cc(C(=O)COC(=O)[C@H]3COc4ccccc4O3)c2C)no1. The van der Waals surface area contributed by atoms with Crippen LogP contribution in [0.25, 0.3) is 5.82 Å². The maximum atomic E-state index is 12.6. The van der Waals surface area contributed by atoms with Crippen LogP contribution in [0, 0.1) is 20.8 Å². The zero-order valence-electron chi connectivity index (χ0n) is 16.3. The molecule has 0 bridgehead atoms. The molecule has 1 atom stereocenters. The summed E-state index contributed by atoms with van der Waals surface area (Å²) in [5.74, 6) is 1.36. The Morgan fingerprint density at radius 2 is 1.93 bits per heavy atom. The summed E-state index contributed by atoms with van der Waals surface area (Å²) in [5, 5.41) is 4.00. The lowest BCUT2D eigenvalue weighted by Gasteiger charge is -2.24. The smallest absolute Gasteiger partial charge is 0.351 e. The topological polar surface area (TPSA) is 92.8 Å². The van der Waals surface area contributed by atoms with Crippen molar-refractivity contribution in [3.63, 3.8) is 0 Å². The lowest BCUT2D eigenvalue weighted by atomic mass is 10.1. The number of fused-ring (bicyclic) bond motifs is 1. The molecule has 0 saturated carbocycles. The number of ether oxygens (including phenoxy) is 3. The highest BCUT2D eigenvalue weighted by Gasteiger charge is 2.29. The molecule has 8 heteroatoms. The molecule has 0 amide bonds. The molecular formula is C21H20N2O6. The zero-order valence-corrected chi connectivity index (χ0v) is 16.3. The van der Waals surface area contributed by atoms with Gasteiger partial charge in [0.15, 0.2) is 23.9 Å².